The molecule has 0 fully saturated rings. The molecule has 0 radical (unpaired) electrons. The van der Waals surface area contributed by atoms with Gasteiger partial charge in [0.25, 0.3) is 0 Å². The Labute approximate surface area is 122 Å². The quantitative estimate of drug-likeness (QED) is 0.888. The van der Waals surface area contributed by atoms with E-state index in [9.17, 15) is 4.21 Å². The van der Waals surface area contributed by atoms with Gasteiger partial charge in [-0.2, -0.15) is 0 Å². The Morgan fingerprint density at radius 2 is 1.90 bits per heavy atom. The lowest BCUT2D eigenvalue weighted by Crippen LogP contribution is -2.10. The Hall–Kier alpha value is -1.39. The van der Waals surface area contributed by atoms with Gasteiger partial charge in [-0.3, -0.25) is 4.21 Å². The second-order valence-corrected chi connectivity index (χ2v) is 6.33. The van der Waals surface area contributed by atoms with Crippen LogP contribution in [-0.4, -0.2) is 10.8 Å². The number of aryl methyl sites for hydroxylation is 2. The zero-order chi connectivity index (χ0) is 14.5. The van der Waals surface area contributed by atoms with Gasteiger partial charge in [-0.25, -0.2) is 0 Å². The lowest BCUT2D eigenvalue weighted by Gasteiger charge is -2.05. The molecule has 1 N–H and O–H groups in total. The molecule has 1 atom stereocenters. The van der Waals surface area contributed by atoms with Gasteiger partial charge < -0.3 is 9.73 Å². The van der Waals surface area contributed by atoms with Gasteiger partial charge in [-0.05, 0) is 44.2 Å². The summed E-state index contributed by atoms with van der Waals surface area (Å²) in [6.07, 6.45) is 0. The van der Waals surface area contributed by atoms with E-state index < -0.39 is 10.8 Å². The Balaban J connectivity index is 2.05. The van der Waals surface area contributed by atoms with Crippen LogP contribution in [-0.2, 0) is 23.1 Å². The van der Waals surface area contributed by atoms with Gasteiger partial charge in [0.05, 0.1) is 23.1 Å². The summed E-state index contributed by atoms with van der Waals surface area (Å²) in [5, 5.41) is 3.21. The lowest BCUT2D eigenvalue weighted by atomic mass is 10.2. The minimum Gasteiger partial charge on any atom is -0.464 e. The topological polar surface area (TPSA) is 42.2 Å². The molecule has 1 aromatic carbocycles. The number of benzene rings is 1. The van der Waals surface area contributed by atoms with E-state index in [1.165, 1.54) is 5.56 Å². The maximum atomic E-state index is 12.4. The summed E-state index contributed by atoms with van der Waals surface area (Å²) < 4.78 is 18.1. The molecule has 3 nitrogen and oxygen atoms in total. The van der Waals surface area contributed by atoms with E-state index in [1.807, 2.05) is 38.1 Å². The highest BCUT2D eigenvalue weighted by atomic mass is 32.2. The largest absolute Gasteiger partial charge is 0.464 e. The molecule has 1 unspecified atom stereocenters. The molecule has 0 aliphatic carbocycles. The summed E-state index contributed by atoms with van der Waals surface area (Å²) in [4.78, 5) is 0.889. The third-order valence-electron chi connectivity index (χ3n) is 3.12. The minimum atomic E-state index is -1.06. The highest BCUT2D eigenvalue weighted by Crippen LogP contribution is 2.19. The van der Waals surface area contributed by atoms with E-state index in [1.54, 1.807) is 0 Å². The van der Waals surface area contributed by atoms with Crippen LogP contribution in [0.5, 0.6) is 0 Å². The van der Waals surface area contributed by atoms with E-state index in [-0.39, 0.29) is 0 Å². The monoisotopic (exact) mass is 291 g/mol. The fraction of sp³-hybridized carbons (Fsp3) is 0.375. The van der Waals surface area contributed by atoms with E-state index in [0.717, 1.165) is 28.5 Å². The van der Waals surface area contributed by atoms with Crippen molar-refractivity contribution in [1.82, 2.24) is 5.32 Å². The van der Waals surface area contributed by atoms with Gasteiger partial charge in [0.1, 0.15) is 11.5 Å². The predicted molar refractivity (Wildman–Crippen MR) is 82.1 cm³/mol. The average Bonchev–Trinajstić information content (AvgIpc) is 2.83. The van der Waals surface area contributed by atoms with Crippen LogP contribution in [0.25, 0.3) is 0 Å². The van der Waals surface area contributed by atoms with Gasteiger partial charge >= 0.3 is 0 Å². The maximum Gasteiger partial charge on any atom is 0.118 e. The summed E-state index contributed by atoms with van der Waals surface area (Å²) in [5.74, 6) is 2.09. The second kappa shape index (κ2) is 6.86. The predicted octanol–water partition coefficient (Wildman–Crippen LogP) is 3.31. The van der Waals surface area contributed by atoms with Gasteiger partial charge in [-0.1, -0.05) is 24.6 Å². The molecule has 0 aliphatic rings. The van der Waals surface area contributed by atoms with Crippen molar-refractivity contribution in [3.8, 4) is 0 Å². The van der Waals surface area contributed by atoms with Crippen molar-refractivity contribution in [2.75, 3.05) is 6.54 Å². The Morgan fingerprint density at radius 3 is 2.60 bits per heavy atom. The molecule has 0 amide bonds. The van der Waals surface area contributed by atoms with Crippen molar-refractivity contribution in [3.63, 3.8) is 0 Å². The first-order valence-corrected chi connectivity index (χ1v) is 8.16. The lowest BCUT2D eigenvalue weighted by molar-refractivity contribution is 0.461. The van der Waals surface area contributed by atoms with Crippen LogP contribution in [0.3, 0.4) is 0 Å². The fourth-order valence-corrected chi connectivity index (χ4v) is 3.31. The van der Waals surface area contributed by atoms with Crippen LogP contribution in [0.2, 0.25) is 0 Å². The first-order chi connectivity index (χ1) is 9.60. The molecule has 20 heavy (non-hydrogen) atoms. The number of hydrogen-bond acceptors (Lipinski definition) is 3. The van der Waals surface area contributed by atoms with Crippen molar-refractivity contribution in [2.45, 2.75) is 38.0 Å². The Kier molecular flexibility index (Phi) is 5.15. The van der Waals surface area contributed by atoms with Crippen LogP contribution in [0.1, 0.15) is 29.6 Å². The van der Waals surface area contributed by atoms with Crippen LogP contribution in [0, 0.1) is 13.8 Å². The zero-order valence-corrected chi connectivity index (χ0v) is 13.0. The molecular formula is C16H21NO2S. The normalized spacial score (nSPS) is 12.6. The molecule has 0 saturated heterocycles. The van der Waals surface area contributed by atoms with Crippen LogP contribution >= 0.6 is 0 Å². The highest BCUT2D eigenvalue weighted by molar-refractivity contribution is 7.84. The van der Waals surface area contributed by atoms with Crippen molar-refractivity contribution in [1.29, 1.82) is 0 Å². The standard InChI is InChI=1S/C16H21NO2S/c1-4-17-10-14-6-7-15(19-14)11-20(18)16-8-5-12(2)9-13(16)3/h5-9,17H,4,10-11H2,1-3H3. The minimum absolute atomic E-state index is 0.427. The van der Waals surface area contributed by atoms with E-state index >= 15 is 0 Å². The SMILES string of the molecule is CCNCc1ccc(CS(=O)c2ccc(C)cc2C)o1. The number of rotatable bonds is 6. The summed E-state index contributed by atoms with van der Waals surface area (Å²) in [7, 11) is -1.06. The van der Waals surface area contributed by atoms with E-state index in [2.05, 4.69) is 18.3 Å². The molecule has 2 rings (SSSR count). The van der Waals surface area contributed by atoms with Crippen LogP contribution in [0.4, 0.5) is 0 Å². The number of furan rings is 1. The number of nitrogens with one attached hydrogen (secondary N) is 1. The molecule has 108 valence electrons. The van der Waals surface area contributed by atoms with E-state index in [0.29, 0.717) is 12.3 Å². The van der Waals surface area contributed by atoms with Crippen molar-refractivity contribution >= 4 is 10.8 Å². The fourth-order valence-electron chi connectivity index (χ4n) is 2.10. The molecule has 1 heterocycles. The Bertz CT molecular complexity index is 604. The molecule has 0 bridgehead atoms. The smallest absolute Gasteiger partial charge is 0.118 e. The number of hydrogen-bond donors (Lipinski definition) is 1. The third-order valence-corrected chi connectivity index (χ3v) is 4.61. The summed E-state index contributed by atoms with van der Waals surface area (Å²) in [6.45, 7) is 7.72. The van der Waals surface area contributed by atoms with Crippen LogP contribution < -0.4 is 5.32 Å². The molecule has 0 saturated carbocycles. The first kappa shape index (κ1) is 15.0. The van der Waals surface area contributed by atoms with Crippen molar-refractivity contribution < 1.29 is 8.63 Å². The Morgan fingerprint density at radius 1 is 1.15 bits per heavy atom. The van der Waals surface area contributed by atoms with Crippen molar-refractivity contribution in [2.24, 2.45) is 0 Å². The summed E-state index contributed by atoms with van der Waals surface area (Å²) >= 11 is 0. The van der Waals surface area contributed by atoms with Gasteiger partial charge in [-0.15, -0.1) is 0 Å². The second-order valence-electron chi connectivity index (χ2n) is 4.91. The highest BCUT2D eigenvalue weighted by Gasteiger charge is 2.11. The molecule has 2 aromatic rings. The summed E-state index contributed by atoms with van der Waals surface area (Å²) in [6, 6.07) is 9.86. The van der Waals surface area contributed by atoms with E-state index in [4.69, 9.17) is 4.42 Å². The first-order valence-electron chi connectivity index (χ1n) is 6.84. The van der Waals surface area contributed by atoms with Gasteiger partial charge in [0.15, 0.2) is 0 Å². The van der Waals surface area contributed by atoms with Crippen molar-refractivity contribution in [3.05, 3.63) is 53.0 Å². The molecule has 0 spiro atoms. The molecule has 1 aromatic heterocycles. The molecule has 4 heteroatoms. The van der Waals surface area contributed by atoms with Gasteiger partial charge in [0.2, 0.25) is 0 Å². The molecular weight excluding hydrogens is 270 g/mol. The van der Waals surface area contributed by atoms with Gasteiger partial charge in [0, 0.05) is 4.90 Å². The molecule has 0 aliphatic heterocycles. The summed E-state index contributed by atoms with van der Waals surface area (Å²) in [5.41, 5.74) is 2.26. The third kappa shape index (κ3) is 3.81. The average molecular weight is 291 g/mol. The maximum absolute atomic E-state index is 12.4. The zero-order valence-electron chi connectivity index (χ0n) is 12.2. The van der Waals surface area contributed by atoms with Crippen LogP contribution in [0.15, 0.2) is 39.6 Å².